The molecule has 0 bridgehead atoms. The molecule has 2 aromatic rings. The van der Waals surface area contributed by atoms with Gasteiger partial charge in [-0.3, -0.25) is 9.88 Å². The summed E-state index contributed by atoms with van der Waals surface area (Å²) in [6.45, 7) is 15.5. The van der Waals surface area contributed by atoms with Crippen molar-refractivity contribution in [3.05, 3.63) is 60.1 Å². The number of nitrogens with one attached hydrogen (secondary N) is 1. The summed E-state index contributed by atoms with van der Waals surface area (Å²) in [5.74, 6) is 0. The van der Waals surface area contributed by atoms with Gasteiger partial charge < -0.3 is 24.8 Å². The van der Waals surface area contributed by atoms with Gasteiger partial charge in [0.2, 0.25) is 0 Å². The van der Waals surface area contributed by atoms with Crippen LogP contribution in [0.15, 0.2) is 54.5 Å². The summed E-state index contributed by atoms with van der Waals surface area (Å²) in [5.41, 5.74) is 3.88. The lowest BCUT2D eigenvalue weighted by atomic mass is 10.1. The van der Waals surface area contributed by atoms with Crippen molar-refractivity contribution in [1.29, 1.82) is 5.26 Å². The first-order chi connectivity index (χ1) is 18.1. The van der Waals surface area contributed by atoms with Gasteiger partial charge in [0.15, 0.2) is 0 Å². The lowest BCUT2D eigenvalue weighted by Gasteiger charge is -2.42. The third-order valence-corrected chi connectivity index (χ3v) is 7.65. The van der Waals surface area contributed by atoms with E-state index in [1.165, 1.54) is 5.70 Å². The van der Waals surface area contributed by atoms with Crippen LogP contribution in [-0.4, -0.2) is 104 Å². The second-order valence-electron chi connectivity index (χ2n) is 10.3. The van der Waals surface area contributed by atoms with Crippen LogP contribution < -0.4 is 10.2 Å². The highest BCUT2D eigenvalue weighted by atomic mass is 16.5. The molecule has 3 saturated heterocycles. The first-order valence-electron chi connectivity index (χ1n) is 13.6. The number of nitrogens with zero attached hydrogens (tertiary/aromatic N) is 6. The van der Waals surface area contributed by atoms with Crippen molar-refractivity contribution in [3.8, 4) is 6.07 Å². The number of nitriles is 1. The predicted molar refractivity (Wildman–Crippen MR) is 148 cm³/mol. The van der Waals surface area contributed by atoms with E-state index in [2.05, 4.69) is 80.3 Å². The van der Waals surface area contributed by atoms with Gasteiger partial charge in [-0.2, -0.15) is 5.26 Å². The molecule has 3 fully saturated rings. The SMILES string of the molecule is C/C(=C\C=C\N1CCN(CC2CN(c3ccc(C#N)c4ncccc34)CC(C)O2)CC1)N1CCNCC1. The van der Waals surface area contributed by atoms with Crippen LogP contribution in [-0.2, 0) is 4.74 Å². The number of piperazine rings is 2. The average molecular weight is 502 g/mol. The van der Waals surface area contributed by atoms with Gasteiger partial charge >= 0.3 is 0 Å². The van der Waals surface area contributed by atoms with Crippen molar-refractivity contribution in [3.63, 3.8) is 0 Å². The first-order valence-corrected chi connectivity index (χ1v) is 13.6. The molecule has 0 amide bonds. The molecule has 0 saturated carbocycles. The van der Waals surface area contributed by atoms with Crippen molar-refractivity contribution >= 4 is 16.6 Å². The molecule has 3 aliphatic heterocycles. The van der Waals surface area contributed by atoms with E-state index in [9.17, 15) is 5.26 Å². The standard InChI is InChI=1S/C29H39N7O/c1-23(35-13-10-31-11-14-35)5-4-12-33-15-17-34(18-16-33)21-26-22-36(20-24(2)37-26)28-8-7-25(19-30)29-27(28)6-3-9-32-29/h3-9,12,24,26,31H,10-11,13-18,20-22H2,1-2H3/b12-4+,23-5+. The van der Waals surface area contributed by atoms with E-state index in [0.717, 1.165) is 88.6 Å². The highest BCUT2D eigenvalue weighted by Gasteiger charge is 2.29. The maximum atomic E-state index is 9.50. The van der Waals surface area contributed by atoms with Crippen LogP contribution >= 0.6 is 0 Å². The molecule has 5 rings (SSSR count). The zero-order valence-electron chi connectivity index (χ0n) is 22.1. The molecule has 0 aliphatic carbocycles. The summed E-state index contributed by atoms with van der Waals surface area (Å²) >= 11 is 0. The zero-order valence-corrected chi connectivity index (χ0v) is 22.1. The molecule has 8 nitrogen and oxygen atoms in total. The Morgan fingerprint density at radius 2 is 1.95 bits per heavy atom. The van der Waals surface area contributed by atoms with E-state index in [0.29, 0.717) is 5.56 Å². The van der Waals surface area contributed by atoms with E-state index < -0.39 is 0 Å². The minimum Gasteiger partial charge on any atom is -0.375 e. The van der Waals surface area contributed by atoms with Gasteiger partial charge in [0.25, 0.3) is 0 Å². The number of allylic oxidation sites excluding steroid dienone is 3. The highest BCUT2D eigenvalue weighted by molar-refractivity contribution is 5.95. The zero-order chi connectivity index (χ0) is 25.6. The predicted octanol–water partition coefficient (Wildman–Crippen LogP) is 2.64. The number of anilines is 1. The van der Waals surface area contributed by atoms with Crippen molar-refractivity contribution in [2.45, 2.75) is 26.1 Å². The van der Waals surface area contributed by atoms with E-state index in [1.807, 2.05) is 12.1 Å². The van der Waals surface area contributed by atoms with E-state index in [-0.39, 0.29) is 12.2 Å². The average Bonchev–Trinajstić information content (AvgIpc) is 2.93. The van der Waals surface area contributed by atoms with Gasteiger partial charge in [0.1, 0.15) is 6.07 Å². The molecule has 4 heterocycles. The van der Waals surface area contributed by atoms with E-state index in [1.54, 1.807) is 6.20 Å². The molecule has 8 heteroatoms. The van der Waals surface area contributed by atoms with Crippen LogP contribution in [0.3, 0.4) is 0 Å². The second-order valence-corrected chi connectivity index (χ2v) is 10.3. The molecule has 37 heavy (non-hydrogen) atoms. The summed E-state index contributed by atoms with van der Waals surface area (Å²) in [6, 6.07) is 10.3. The molecule has 3 aliphatic rings. The molecular weight excluding hydrogens is 462 g/mol. The van der Waals surface area contributed by atoms with Crippen molar-refractivity contribution in [2.75, 3.05) is 76.9 Å². The molecule has 1 aromatic carbocycles. The number of benzene rings is 1. The first kappa shape index (κ1) is 25.5. The molecule has 0 radical (unpaired) electrons. The maximum absolute atomic E-state index is 9.50. The van der Waals surface area contributed by atoms with Crippen molar-refractivity contribution in [2.24, 2.45) is 0 Å². The summed E-state index contributed by atoms with van der Waals surface area (Å²) < 4.78 is 6.38. The van der Waals surface area contributed by atoms with Crippen LogP contribution in [0.4, 0.5) is 5.69 Å². The van der Waals surface area contributed by atoms with Gasteiger partial charge in [-0.05, 0) is 56.5 Å². The normalized spacial score (nSPS) is 24.1. The third kappa shape index (κ3) is 6.24. The molecule has 0 spiro atoms. The molecule has 1 N–H and O–H groups in total. The number of hydrogen-bond donors (Lipinski definition) is 1. The van der Waals surface area contributed by atoms with Gasteiger partial charge in [0, 0.05) is 95.0 Å². The molecule has 2 unspecified atom stereocenters. The smallest absolute Gasteiger partial charge is 0.101 e. The Labute approximate surface area is 220 Å². The van der Waals surface area contributed by atoms with Gasteiger partial charge in [-0.15, -0.1) is 0 Å². The Hall–Kier alpha value is -3.12. The third-order valence-electron chi connectivity index (χ3n) is 7.65. The quantitative estimate of drug-likeness (QED) is 0.606. The van der Waals surface area contributed by atoms with E-state index >= 15 is 0 Å². The number of morpholine rings is 1. The van der Waals surface area contributed by atoms with Crippen LogP contribution in [0.5, 0.6) is 0 Å². The van der Waals surface area contributed by atoms with Crippen LogP contribution in [0.1, 0.15) is 19.4 Å². The fraction of sp³-hybridized carbons (Fsp3) is 0.517. The fourth-order valence-corrected chi connectivity index (χ4v) is 5.68. The molecular formula is C29H39N7O. The highest BCUT2D eigenvalue weighted by Crippen LogP contribution is 2.30. The number of rotatable bonds is 6. The number of aromatic nitrogens is 1. The largest absolute Gasteiger partial charge is 0.375 e. The molecule has 2 atom stereocenters. The van der Waals surface area contributed by atoms with Crippen LogP contribution in [0.25, 0.3) is 10.9 Å². The number of pyridine rings is 1. The van der Waals surface area contributed by atoms with E-state index in [4.69, 9.17) is 4.74 Å². The van der Waals surface area contributed by atoms with Crippen LogP contribution in [0, 0.1) is 11.3 Å². The monoisotopic (exact) mass is 501 g/mol. The minimum atomic E-state index is 0.149. The fourth-order valence-electron chi connectivity index (χ4n) is 5.68. The van der Waals surface area contributed by atoms with Crippen LogP contribution in [0.2, 0.25) is 0 Å². The van der Waals surface area contributed by atoms with Crippen molar-refractivity contribution in [1.82, 2.24) is 25.0 Å². The topological polar surface area (TPSA) is 70.9 Å². The Balaban J connectivity index is 1.15. The lowest BCUT2D eigenvalue weighted by Crippen LogP contribution is -2.53. The van der Waals surface area contributed by atoms with Gasteiger partial charge in [-0.25, -0.2) is 0 Å². The number of fused-ring (bicyclic) bond motifs is 1. The van der Waals surface area contributed by atoms with Crippen molar-refractivity contribution < 1.29 is 4.74 Å². The Morgan fingerprint density at radius 3 is 2.73 bits per heavy atom. The van der Waals surface area contributed by atoms with Gasteiger partial charge in [-0.1, -0.05) is 0 Å². The minimum absolute atomic E-state index is 0.149. The summed E-state index contributed by atoms with van der Waals surface area (Å²) in [5, 5.41) is 14.0. The summed E-state index contributed by atoms with van der Waals surface area (Å²) in [4.78, 5) is 14.3. The summed E-state index contributed by atoms with van der Waals surface area (Å²) in [6.07, 6.45) is 8.75. The molecule has 196 valence electrons. The van der Waals surface area contributed by atoms with Gasteiger partial charge in [0.05, 0.1) is 23.3 Å². The Morgan fingerprint density at radius 1 is 1.14 bits per heavy atom. The Kier molecular flexibility index (Phi) is 8.24. The lowest BCUT2D eigenvalue weighted by molar-refractivity contribution is -0.0362. The second kappa shape index (κ2) is 12.0. The number of ether oxygens (including phenoxy) is 1. The molecule has 1 aromatic heterocycles. The maximum Gasteiger partial charge on any atom is 0.101 e. The number of hydrogen-bond acceptors (Lipinski definition) is 8. The Bertz CT molecular complexity index is 1160. The summed E-state index contributed by atoms with van der Waals surface area (Å²) in [7, 11) is 0.